The second kappa shape index (κ2) is 3.92. The van der Waals surface area contributed by atoms with Crippen molar-refractivity contribution in [1.29, 1.82) is 0 Å². The summed E-state index contributed by atoms with van der Waals surface area (Å²) in [6.45, 7) is 0. The quantitative estimate of drug-likeness (QED) is 0.627. The SMILES string of the molecule is NC(=O)C#Cc1ccc(Cl)cc1F. The van der Waals surface area contributed by atoms with E-state index in [4.69, 9.17) is 17.3 Å². The number of nitrogens with two attached hydrogens (primary N) is 1. The van der Waals surface area contributed by atoms with Crippen molar-refractivity contribution < 1.29 is 9.18 Å². The molecule has 0 fully saturated rings. The summed E-state index contributed by atoms with van der Waals surface area (Å²) < 4.78 is 13.0. The number of carbonyl (C=O) groups excluding carboxylic acids is 1. The molecule has 0 saturated heterocycles. The lowest BCUT2D eigenvalue weighted by Gasteiger charge is -1.93. The second-order valence-electron chi connectivity index (χ2n) is 2.24. The molecule has 0 spiro atoms. The van der Waals surface area contributed by atoms with Gasteiger partial charge in [0.2, 0.25) is 0 Å². The number of amides is 1. The van der Waals surface area contributed by atoms with Gasteiger partial charge in [0.25, 0.3) is 5.91 Å². The molecule has 13 heavy (non-hydrogen) atoms. The monoisotopic (exact) mass is 197 g/mol. The van der Waals surface area contributed by atoms with Crippen LogP contribution in [0.2, 0.25) is 5.02 Å². The van der Waals surface area contributed by atoms with Crippen molar-refractivity contribution >= 4 is 17.5 Å². The molecular formula is C9H5ClFNO. The molecule has 66 valence electrons. The summed E-state index contributed by atoms with van der Waals surface area (Å²) >= 11 is 5.50. The van der Waals surface area contributed by atoms with E-state index in [9.17, 15) is 9.18 Å². The van der Waals surface area contributed by atoms with Gasteiger partial charge in [-0.25, -0.2) is 4.39 Å². The van der Waals surface area contributed by atoms with E-state index in [1.54, 1.807) is 0 Å². The molecule has 1 amide bonds. The molecule has 4 heteroatoms. The predicted molar refractivity (Wildman–Crippen MR) is 47.5 cm³/mol. The highest BCUT2D eigenvalue weighted by Crippen LogP contribution is 2.13. The molecule has 0 atom stereocenters. The highest BCUT2D eigenvalue weighted by Gasteiger charge is 1.98. The summed E-state index contributed by atoms with van der Waals surface area (Å²) in [5.74, 6) is 2.94. The molecule has 0 bridgehead atoms. The zero-order valence-electron chi connectivity index (χ0n) is 6.47. The first-order valence-corrected chi connectivity index (χ1v) is 3.74. The Morgan fingerprint density at radius 3 is 2.77 bits per heavy atom. The van der Waals surface area contributed by atoms with E-state index in [0.29, 0.717) is 0 Å². The van der Waals surface area contributed by atoms with Crippen LogP contribution in [0.3, 0.4) is 0 Å². The van der Waals surface area contributed by atoms with E-state index in [1.807, 2.05) is 5.92 Å². The average Bonchev–Trinajstić information content (AvgIpc) is 2.02. The lowest BCUT2D eigenvalue weighted by Crippen LogP contribution is -2.06. The molecule has 0 unspecified atom stereocenters. The minimum Gasteiger partial charge on any atom is -0.359 e. The van der Waals surface area contributed by atoms with Gasteiger partial charge in [-0.1, -0.05) is 17.5 Å². The van der Waals surface area contributed by atoms with Crippen LogP contribution < -0.4 is 5.73 Å². The Balaban J connectivity index is 3.05. The highest BCUT2D eigenvalue weighted by molar-refractivity contribution is 6.30. The van der Waals surface area contributed by atoms with E-state index >= 15 is 0 Å². The maximum Gasteiger partial charge on any atom is 0.293 e. The molecule has 0 aliphatic carbocycles. The fourth-order valence-electron chi connectivity index (χ4n) is 0.720. The Morgan fingerprint density at radius 2 is 2.23 bits per heavy atom. The average molecular weight is 198 g/mol. The van der Waals surface area contributed by atoms with Crippen molar-refractivity contribution in [2.45, 2.75) is 0 Å². The number of rotatable bonds is 0. The largest absolute Gasteiger partial charge is 0.359 e. The van der Waals surface area contributed by atoms with Gasteiger partial charge < -0.3 is 5.73 Å². The van der Waals surface area contributed by atoms with Gasteiger partial charge in [0.15, 0.2) is 0 Å². The van der Waals surface area contributed by atoms with Crippen molar-refractivity contribution in [1.82, 2.24) is 0 Å². The number of halogens is 2. The van der Waals surface area contributed by atoms with Gasteiger partial charge in [0.1, 0.15) is 5.82 Å². The Hall–Kier alpha value is -1.53. The maximum atomic E-state index is 13.0. The van der Waals surface area contributed by atoms with Gasteiger partial charge in [-0.15, -0.1) is 0 Å². The van der Waals surface area contributed by atoms with Gasteiger partial charge in [0, 0.05) is 10.9 Å². The second-order valence-corrected chi connectivity index (χ2v) is 2.67. The first kappa shape index (κ1) is 9.56. The van der Waals surface area contributed by atoms with E-state index in [0.717, 1.165) is 6.07 Å². The molecule has 0 aliphatic heterocycles. The number of primary amides is 1. The molecule has 1 aromatic carbocycles. The van der Waals surface area contributed by atoms with Crippen LogP contribution in [-0.2, 0) is 4.79 Å². The van der Waals surface area contributed by atoms with Crippen molar-refractivity contribution in [3.63, 3.8) is 0 Å². The van der Waals surface area contributed by atoms with Gasteiger partial charge >= 0.3 is 0 Å². The molecule has 2 N–H and O–H groups in total. The van der Waals surface area contributed by atoms with Crippen LogP contribution in [0.25, 0.3) is 0 Å². The third-order valence-electron chi connectivity index (χ3n) is 1.25. The molecule has 2 nitrogen and oxygen atoms in total. The van der Waals surface area contributed by atoms with Crippen LogP contribution in [-0.4, -0.2) is 5.91 Å². The van der Waals surface area contributed by atoms with Gasteiger partial charge in [-0.3, -0.25) is 4.79 Å². The highest BCUT2D eigenvalue weighted by atomic mass is 35.5. The molecule has 0 aliphatic rings. The standard InChI is InChI=1S/C9H5ClFNO/c10-7-3-1-6(8(11)5-7)2-4-9(12)13/h1,3,5H,(H2,12,13). The first-order chi connectivity index (χ1) is 6.09. The van der Waals surface area contributed by atoms with Crippen molar-refractivity contribution in [3.05, 3.63) is 34.6 Å². The number of carbonyl (C=O) groups is 1. The van der Waals surface area contributed by atoms with Gasteiger partial charge in [-0.05, 0) is 18.2 Å². The molecule has 0 saturated carbocycles. The lowest BCUT2D eigenvalue weighted by atomic mass is 10.2. The third-order valence-corrected chi connectivity index (χ3v) is 1.49. The Morgan fingerprint density at radius 1 is 1.54 bits per heavy atom. The smallest absolute Gasteiger partial charge is 0.293 e. The topological polar surface area (TPSA) is 43.1 Å². The summed E-state index contributed by atoms with van der Waals surface area (Å²) in [5.41, 5.74) is 4.86. The Labute approximate surface area is 79.5 Å². The van der Waals surface area contributed by atoms with E-state index in [1.165, 1.54) is 12.1 Å². The van der Waals surface area contributed by atoms with Crippen molar-refractivity contribution in [3.8, 4) is 11.8 Å². The van der Waals surface area contributed by atoms with E-state index in [2.05, 4.69) is 5.92 Å². The summed E-state index contributed by atoms with van der Waals surface area (Å²) in [4.78, 5) is 10.3. The van der Waals surface area contributed by atoms with Crippen LogP contribution in [0, 0.1) is 17.7 Å². The molecule has 1 rings (SSSR count). The van der Waals surface area contributed by atoms with Crippen LogP contribution in [0.1, 0.15) is 5.56 Å². The van der Waals surface area contributed by atoms with Gasteiger partial charge in [0.05, 0.1) is 5.56 Å². The third kappa shape index (κ3) is 2.77. The lowest BCUT2D eigenvalue weighted by molar-refractivity contribution is -0.112. The molecule has 0 radical (unpaired) electrons. The summed E-state index contributed by atoms with van der Waals surface area (Å²) in [6, 6.07) is 3.98. The van der Waals surface area contributed by atoms with Crippen molar-refractivity contribution in [2.75, 3.05) is 0 Å². The summed E-state index contributed by atoms with van der Waals surface area (Å²) in [5, 5.41) is 0.280. The molecule has 0 heterocycles. The van der Waals surface area contributed by atoms with Crippen LogP contribution in [0.5, 0.6) is 0 Å². The van der Waals surface area contributed by atoms with Crippen LogP contribution in [0.4, 0.5) is 4.39 Å². The minimum absolute atomic E-state index is 0.100. The van der Waals surface area contributed by atoms with E-state index < -0.39 is 11.7 Å². The van der Waals surface area contributed by atoms with Crippen LogP contribution >= 0.6 is 11.6 Å². The van der Waals surface area contributed by atoms with Gasteiger partial charge in [-0.2, -0.15) is 0 Å². The predicted octanol–water partition coefficient (Wildman–Crippen LogP) is 1.32. The fourth-order valence-corrected chi connectivity index (χ4v) is 0.879. The Bertz CT molecular complexity index is 406. The van der Waals surface area contributed by atoms with Crippen molar-refractivity contribution in [2.24, 2.45) is 5.73 Å². The minimum atomic E-state index is -0.797. The number of hydrogen-bond donors (Lipinski definition) is 1. The maximum absolute atomic E-state index is 13.0. The molecule has 1 aromatic rings. The zero-order chi connectivity index (χ0) is 9.84. The molecule has 0 aromatic heterocycles. The summed E-state index contributed by atoms with van der Waals surface area (Å²) in [6.07, 6.45) is 0. The normalized spacial score (nSPS) is 8.77. The van der Waals surface area contributed by atoms with Crippen LogP contribution in [0.15, 0.2) is 18.2 Å². The number of benzene rings is 1. The van der Waals surface area contributed by atoms with E-state index in [-0.39, 0.29) is 10.6 Å². The Kier molecular flexibility index (Phi) is 2.88. The summed E-state index contributed by atoms with van der Waals surface area (Å²) in [7, 11) is 0. The zero-order valence-corrected chi connectivity index (χ0v) is 7.23. The molecular weight excluding hydrogens is 193 g/mol. The first-order valence-electron chi connectivity index (χ1n) is 3.36. The fraction of sp³-hybridized carbons (Fsp3) is 0. The number of hydrogen-bond acceptors (Lipinski definition) is 1.